The summed E-state index contributed by atoms with van der Waals surface area (Å²) in [5.41, 5.74) is 0.410. The largest absolute Gasteiger partial charge is 0.475 e. The van der Waals surface area contributed by atoms with Gasteiger partial charge in [0.15, 0.2) is 5.82 Å². The van der Waals surface area contributed by atoms with Crippen molar-refractivity contribution in [2.75, 3.05) is 6.61 Å². The first kappa shape index (κ1) is 12.3. The number of rotatable bonds is 5. The average molecular weight is 272 g/mol. The molecule has 17 heavy (non-hydrogen) atoms. The van der Waals surface area contributed by atoms with Crippen LogP contribution in [0.15, 0.2) is 29.8 Å². The van der Waals surface area contributed by atoms with Crippen molar-refractivity contribution in [2.45, 2.75) is 12.3 Å². The van der Waals surface area contributed by atoms with Gasteiger partial charge in [0.25, 0.3) is 5.88 Å². The number of hydrogen-bond acceptors (Lipinski definition) is 3. The molecule has 2 aromatic heterocycles. The van der Waals surface area contributed by atoms with Crippen molar-refractivity contribution in [3.05, 3.63) is 46.0 Å². The van der Waals surface area contributed by atoms with Gasteiger partial charge in [-0.1, -0.05) is 6.07 Å². The average Bonchev–Trinajstić information content (AvgIpc) is 2.84. The minimum atomic E-state index is -0.464. The summed E-state index contributed by atoms with van der Waals surface area (Å²) in [5, 5.41) is 2.00. The maximum Gasteiger partial charge on any atom is 0.250 e. The lowest BCUT2D eigenvalue weighted by Gasteiger charge is -2.07. The number of nitrogens with zero attached hydrogens (tertiary/aromatic N) is 1. The van der Waals surface area contributed by atoms with E-state index < -0.39 is 5.82 Å². The molecule has 2 aromatic rings. The second-order valence-electron chi connectivity index (χ2n) is 3.40. The molecule has 0 fully saturated rings. The zero-order valence-electron chi connectivity index (χ0n) is 9.03. The van der Waals surface area contributed by atoms with Crippen LogP contribution in [0.1, 0.15) is 10.4 Å². The summed E-state index contributed by atoms with van der Waals surface area (Å²) in [5.74, 6) is -0.316. The third-order valence-corrected chi connectivity index (χ3v) is 3.47. The summed E-state index contributed by atoms with van der Waals surface area (Å²) >= 11 is 7.25. The molecule has 90 valence electrons. The highest BCUT2D eigenvalue weighted by Crippen LogP contribution is 2.19. The van der Waals surface area contributed by atoms with Gasteiger partial charge < -0.3 is 4.74 Å². The summed E-state index contributed by atoms with van der Waals surface area (Å²) in [6.45, 7) is 0.413. The fourth-order valence-corrected chi connectivity index (χ4v) is 2.27. The molecule has 0 aliphatic carbocycles. The Morgan fingerprint density at radius 2 is 2.29 bits per heavy atom. The summed E-state index contributed by atoms with van der Waals surface area (Å²) in [6, 6.07) is 5.55. The van der Waals surface area contributed by atoms with Crippen LogP contribution in [-0.4, -0.2) is 11.6 Å². The van der Waals surface area contributed by atoms with Gasteiger partial charge in [-0.25, -0.2) is 9.37 Å². The topological polar surface area (TPSA) is 22.1 Å². The number of ether oxygens (including phenoxy) is 1. The summed E-state index contributed by atoms with van der Waals surface area (Å²) in [6.07, 6.45) is 2.26. The Kier molecular flexibility index (Phi) is 4.34. The molecular formula is C12H11ClFNOS. The third kappa shape index (κ3) is 3.17. The molecular weight excluding hydrogens is 261 g/mol. The van der Waals surface area contributed by atoms with E-state index in [-0.39, 0.29) is 11.8 Å². The zero-order valence-corrected chi connectivity index (χ0v) is 10.6. The van der Waals surface area contributed by atoms with Crippen LogP contribution < -0.4 is 4.74 Å². The van der Waals surface area contributed by atoms with Crippen molar-refractivity contribution in [3.63, 3.8) is 0 Å². The Morgan fingerprint density at radius 1 is 1.41 bits per heavy atom. The van der Waals surface area contributed by atoms with Crippen LogP contribution in [0.4, 0.5) is 4.39 Å². The number of halogens is 2. The van der Waals surface area contributed by atoms with Gasteiger partial charge >= 0.3 is 0 Å². The van der Waals surface area contributed by atoms with Crippen LogP contribution in [0.3, 0.4) is 0 Å². The molecule has 0 aromatic carbocycles. The third-order valence-electron chi connectivity index (χ3n) is 2.25. The SMILES string of the molecule is Fc1c(CCl)ccnc1OCCc1cccs1. The predicted molar refractivity (Wildman–Crippen MR) is 67.3 cm³/mol. The smallest absolute Gasteiger partial charge is 0.250 e. The minimum Gasteiger partial charge on any atom is -0.475 e. The van der Waals surface area contributed by atoms with E-state index in [9.17, 15) is 4.39 Å². The van der Waals surface area contributed by atoms with E-state index in [1.807, 2.05) is 17.5 Å². The lowest BCUT2D eigenvalue weighted by Crippen LogP contribution is -2.04. The van der Waals surface area contributed by atoms with Gasteiger partial charge in [-0.15, -0.1) is 22.9 Å². The van der Waals surface area contributed by atoms with Crippen LogP contribution in [0.5, 0.6) is 5.88 Å². The maximum absolute atomic E-state index is 13.7. The summed E-state index contributed by atoms with van der Waals surface area (Å²) < 4.78 is 19.0. The maximum atomic E-state index is 13.7. The van der Waals surface area contributed by atoms with Crippen molar-refractivity contribution >= 4 is 22.9 Å². The summed E-state index contributed by atoms with van der Waals surface area (Å²) in [7, 11) is 0. The van der Waals surface area contributed by atoms with Crippen molar-refractivity contribution in [2.24, 2.45) is 0 Å². The summed E-state index contributed by atoms with van der Waals surface area (Å²) in [4.78, 5) is 5.06. The molecule has 0 bridgehead atoms. The molecule has 0 saturated heterocycles. The molecule has 0 N–H and O–H groups in total. The second-order valence-corrected chi connectivity index (χ2v) is 4.70. The number of alkyl halides is 1. The van der Waals surface area contributed by atoms with E-state index in [0.29, 0.717) is 12.2 Å². The van der Waals surface area contributed by atoms with Crippen LogP contribution in [0.2, 0.25) is 0 Å². The molecule has 0 unspecified atom stereocenters. The first-order valence-electron chi connectivity index (χ1n) is 5.16. The molecule has 0 amide bonds. The van der Waals surface area contributed by atoms with Crippen molar-refractivity contribution in [3.8, 4) is 5.88 Å². The van der Waals surface area contributed by atoms with Gasteiger partial charge in [0, 0.05) is 23.1 Å². The first-order valence-corrected chi connectivity index (χ1v) is 6.57. The Morgan fingerprint density at radius 3 is 3.00 bits per heavy atom. The molecule has 0 atom stereocenters. The van der Waals surface area contributed by atoms with Gasteiger partial charge in [0.05, 0.1) is 12.5 Å². The molecule has 0 saturated carbocycles. The number of pyridine rings is 1. The molecule has 0 aliphatic rings. The van der Waals surface area contributed by atoms with E-state index in [1.54, 1.807) is 17.4 Å². The van der Waals surface area contributed by atoms with E-state index >= 15 is 0 Å². The Balaban J connectivity index is 1.95. The van der Waals surface area contributed by atoms with Crippen LogP contribution in [0.25, 0.3) is 0 Å². The fourth-order valence-electron chi connectivity index (χ4n) is 1.37. The lowest BCUT2D eigenvalue weighted by molar-refractivity contribution is 0.292. The van der Waals surface area contributed by atoms with Gasteiger partial charge in [0.2, 0.25) is 0 Å². The van der Waals surface area contributed by atoms with Gasteiger partial charge in [-0.05, 0) is 17.5 Å². The number of hydrogen-bond donors (Lipinski definition) is 0. The van der Waals surface area contributed by atoms with Crippen molar-refractivity contribution in [1.29, 1.82) is 0 Å². The number of thiophene rings is 1. The van der Waals surface area contributed by atoms with Gasteiger partial charge in [0.1, 0.15) is 0 Å². The van der Waals surface area contributed by atoms with E-state index in [2.05, 4.69) is 4.98 Å². The first-order chi connectivity index (χ1) is 8.31. The molecule has 0 aliphatic heterocycles. The Labute approximate surface area is 108 Å². The molecule has 2 nitrogen and oxygen atoms in total. The van der Waals surface area contributed by atoms with E-state index in [4.69, 9.17) is 16.3 Å². The molecule has 2 rings (SSSR count). The van der Waals surface area contributed by atoms with Crippen LogP contribution >= 0.6 is 22.9 Å². The minimum absolute atomic E-state index is 0.0275. The standard InChI is InChI=1S/C12H11ClFNOS/c13-8-9-3-5-15-12(11(9)14)16-6-4-10-2-1-7-17-10/h1-3,5,7H,4,6,8H2. The lowest BCUT2D eigenvalue weighted by atomic mass is 10.3. The fraction of sp³-hybridized carbons (Fsp3) is 0.250. The van der Waals surface area contributed by atoms with Crippen molar-refractivity contribution < 1.29 is 9.13 Å². The Hall–Kier alpha value is -1.13. The highest BCUT2D eigenvalue weighted by atomic mass is 35.5. The molecule has 2 heterocycles. The zero-order chi connectivity index (χ0) is 12.1. The molecule has 0 radical (unpaired) electrons. The predicted octanol–water partition coefficient (Wildman–Crippen LogP) is 3.64. The van der Waals surface area contributed by atoms with Crippen molar-refractivity contribution in [1.82, 2.24) is 4.98 Å². The van der Waals surface area contributed by atoms with E-state index in [1.165, 1.54) is 11.1 Å². The van der Waals surface area contributed by atoms with Crippen LogP contribution in [0, 0.1) is 5.82 Å². The molecule has 0 spiro atoms. The highest BCUT2D eigenvalue weighted by molar-refractivity contribution is 7.09. The number of aromatic nitrogens is 1. The quantitative estimate of drug-likeness (QED) is 0.775. The van der Waals surface area contributed by atoms with E-state index in [0.717, 1.165) is 6.42 Å². The monoisotopic (exact) mass is 271 g/mol. The second kappa shape index (κ2) is 5.98. The normalized spacial score (nSPS) is 10.5. The van der Waals surface area contributed by atoms with Gasteiger partial charge in [-0.2, -0.15) is 0 Å². The Bertz CT molecular complexity index is 475. The van der Waals surface area contributed by atoms with Gasteiger partial charge in [-0.3, -0.25) is 0 Å². The highest BCUT2D eigenvalue weighted by Gasteiger charge is 2.09. The van der Waals surface area contributed by atoms with Crippen LogP contribution in [-0.2, 0) is 12.3 Å². The molecule has 5 heteroatoms.